The largest absolute Gasteiger partial charge is 0.352 e. The summed E-state index contributed by atoms with van der Waals surface area (Å²) in [6, 6.07) is 2.46. The van der Waals surface area contributed by atoms with E-state index in [9.17, 15) is 10.1 Å². The van der Waals surface area contributed by atoms with Crippen molar-refractivity contribution in [2.45, 2.75) is 65.3 Å². The molecule has 96 valence electrons. The summed E-state index contributed by atoms with van der Waals surface area (Å²) in [7, 11) is 0. The number of rotatable bonds is 4. The number of nitrogens with one attached hydrogen (secondary N) is 1. The van der Waals surface area contributed by atoms with Gasteiger partial charge in [0.05, 0.1) is 6.07 Å². The number of carbonyl (C=O) groups is 1. The maximum Gasteiger partial charge on any atom is 0.240 e. The summed E-state index contributed by atoms with van der Waals surface area (Å²) in [4.78, 5) is 12.3. The average Bonchev–Trinajstić information content (AvgIpc) is 2.35. The van der Waals surface area contributed by atoms with Gasteiger partial charge in [0.15, 0.2) is 0 Å². The van der Waals surface area contributed by atoms with Crippen LogP contribution >= 0.6 is 0 Å². The molecule has 0 aromatic heterocycles. The van der Waals surface area contributed by atoms with Crippen LogP contribution in [0.4, 0.5) is 0 Å². The maximum atomic E-state index is 12.3. The Labute approximate surface area is 105 Å². The van der Waals surface area contributed by atoms with E-state index in [1.807, 2.05) is 0 Å². The van der Waals surface area contributed by atoms with Crippen LogP contribution in [0.25, 0.3) is 0 Å². The first-order valence-corrected chi connectivity index (χ1v) is 6.78. The van der Waals surface area contributed by atoms with Crippen LogP contribution in [0, 0.1) is 22.7 Å². The molecule has 1 atom stereocenters. The van der Waals surface area contributed by atoms with Crippen molar-refractivity contribution in [3.05, 3.63) is 0 Å². The van der Waals surface area contributed by atoms with Gasteiger partial charge in [-0.1, -0.05) is 40.0 Å². The van der Waals surface area contributed by atoms with Crippen LogP contribution in [-0.2, 0) is 4.79 Å². The third kappa shape index (κ3) is 3.21. The van der Waals surface area contributed by atoms with Crippen LogP contribution in [0.2, 0.25) is 0 Å². The molecule has 0 heterocycles. The van der Waals surface area contributed by atoms with Crippen LogP contribution in [0.5, 0.6) is 0 Å². The van der Waals surface area contributed by atoms with Gasteiger partial charge in [-0.25, -0.2) is 0 Å². The van der Waals surface area contributed by atoms with Gasteiger partial charge in [-0.05, 0) is 25.2 Å². The van der Waals surface area contributed by atoms with E-state index in [2.05, 4.69) is 32.2 Å². The second-order valence-corrected chi connectivity index (χ2v) is 5.49. The Kier molecular flexibility index (Phi) is 4.99. The first-order valence-electron chi connectivity index (χ1n) is 6.78. The highest BCUT2D eigenvalue weighted by molar-refractivity contribution is 5.85. The maximum absolute atomic E-state index is 12.3. The Morgan fingerprint density at radius 1 is 1.35 bits per heavy atom. The minimum Gasteiger partial charge on any atom is -0.352 e. The van der Waals surface area contributed by atoms with Gasteiger partial charge in [-0.3, -0.25) is 4.79 Å². The zero-order valence-electron chi connectivity index (χ0n) is 11.3. The summed E-state index contributed by atoms with van der Waals surface area (Å²) in [5.41, 5.74) is -0.749. The molecule has 0 radical (unpaired) electrons. The normalized spacial score (nSPS) is 20.6. The minimum absolute atomic E-state index is 0.0414. The van der Waals surface area contributed by atoms with Crippen molar-refractivity contribution >= 4 is 5.91 Å². The van der Waals surface area contributed by atoms with E-state index in [1.165, 1.54) is 0 Å². The van der Waals surface area contributed by atoms with Crippen molar-refractivity contribution in [1.82, 2.24) is 5.32 Å². The Bertz CT molecular complexity index is 298. The summed E-state index contributed by atoms with van der Waals surface area (Å²) >= 11 is 0. The van der Waals surface area contributed by atoms with Crippen molar-refractivity contribution in [1.29, 1.82) is 5.26 Å². The molecule has 3 nitrogen and oxygen atoms in total. The fourth-order valence-electron chi connectivity index (χ4n) is 2.59. The van der Waals surface area contributed by atoms with Crippen molar-refractivity contribution in [2.24, 2.45) is 11.3 Å². The van der Waals surface area contributed by atoms with Gasteiger partial charge < -0.3 is 5.32 Å². The summed E-state index contributed by atoms with van der Waals surface area (Å²) in [5.74, 6) is 0.378. The molecule has 1 unspecified atom stereocenters. The fraction of sp³-hybridized carbons (Fsp3) is 0.857. The van der Waals surface area contributed by atoms with E-state index in [4.69, 9.17) is 0 Å². The van der Waals surface area contributed by atoms with Crippen LogP contribution in [0.3, 0.4) is 0 Å². The van der Waals surface area contributed by atoms with E-state index < -0.39 is 5.41 Å². The summed E-state index contributed by atoms with van der Waals surface area (Å²) < 4.78 is 0. The fourth-order valence-corrected chi connectivity index (χ4v) is 2.59. The molecule has 0 aliphatic heterocycles. The zero-order chi connectivity index (χ0) is 12.9. The lowest BCUT2D eigenvalue weighted by atomic mass is 9.74. The third-order valence-corrected chi connectivity index (χ3v) is 3.92. The number of amides is 1. The number of hydrogen-bond donors (Lipinski definition) is 1. The number of carbonyl (C=O) groups excluding carboxylic acids is 1. The Hall–Kier alpha value is -1.04. The van der Waals surface area contributed by atoms with Gasteiger partial charge in [0.1, 0.15) is 5.41 Å². The molecule has 0 aromatic rings. The van der Waals surface area contributed by atoms with Crippen molar-refractivity contribution < 1.29 is 4.79 Å². The summed E-state index contributed by atoms with van der Waals surface area (Å²) in [5, 5.41) is 12.4. The molecule has 0 bridgehead atoms. The second kappa shape index (κ2) is 6.05. The van der Waals surface area contributed by atoms with Gasteiger partial charge in [0.25, 0.3) is 0 Å². The van der Waals surface area contributed by atoms with E-state index in [-0.39, 0.29) is 11.9 Å². The van der Waals surface area contributed by atoms with E-state index in [0.717, 1.165) is 38.5 Å². The Balaban J connectivity index is 2.70. The number of nitriles is 1. The molecule has 0 spiro atoms. The molecular formula is C14H24N2O. The second-order valence-electron chi connectivity index (χ2n) is 5.49. The quantitative estimate of drug-likeness (QED) is 0.815. The van der Waals surface area contributed by atoms with Crippen LogP contribution in [-0.4, -0.2) is 11.9 Å². The number of nitrogens with zero attached hydrogens (tertiary/aromatic N) is 1. The number of hydrogen-bond acceptors (Lipinski definition) is 2. The molecular weight excluding hydrogens is 212 g/mol. The predicted octanol–water partition coefficient (Wildman–Crippen LogP) is 3.01. The van der Waals surface area contributed by atoms with Crippen molar-refractivity contribution in [2.75, 3.05) is 0 Å². The zero-order valence-corrected chi connectivity index (χ0v) is 11.3. The highest BCUT2D eigenvalue weighted by Gasteiger charge is 2.40. The molecule has 1 amide bonds. The molecule has 0 aromatic carbocycles. The van der Waals surface area contributed by atoms with Crippen LogP contribution in [0.1, 0.15) is 59.3 Å². The molecule has 1 N–H and O–H groups in total. The van der Waals surface area contributed by atoms with Gasteiger partial charge >= 0.3 is 0 Å². The Morgan fingerprint density at radius 2 is 1.94 bits per heavy atom. The molecule has 1 aliphatic carbocycles. The van der Waals surface area contributed by atoms with E-state index in [0.29, 0.717) is 5.92 Å². The first-order chi connectivity index (χ1) is 8.05. The van der Waals surface area contributed by atoms with Crippen LogP contribution in [0.15, 0.2) is 0 Å². The molecule has 1 saturated carbocycles. The standard InChI is InChI=1S/C14H24N2O/c1-4-12(11(2)3)16-13(17)14(10-15)8-6-5-7-9-14/h11-12H,4-9H2,1-3H3,(H,16,17). The average molecular weight is 236 g/mol. The van der Waals surface area contributed by atoms with Gasteiger partial charge in [0.2, 0.25) is 5.91 Å². The first kappa shape index (κ1) is 14.0. The SMILES string of the molecule is CCC(NC(=O)C1(C#N)CCCCC1)C(C)C. The van der Waals surface area contributed by atoms with Crippen LogP contribution < -0.4 is 5.32 Å². The monoisotopic (exact) mass is 236 g/mol. The predicted molar refractivity (Wildman–Crippen MR) is 68.2 cm³/mol. The van der Waals surface area contributed by atoms with Gasteiger partial charge in [-0.15, -0.1) is 0 Å². The van der Waals surface area contributed by atoms with E-state index in [1.54, 1.807) is 0 Å². The smallest absolute Gasteiger partial charge is 0.240 e. The van der Waals surface area contributed by atoms with Gasteiger partial charge in [0, 0.05) is 6.04 Å². The topological polar surface area (TPSA) is 52.9 Å². The lowest BCUT2D eigenvalue weighted by Crippen LogP contribution is -2.47. The highest BCUT2D eigenvalue weighted by Crippen LogP contribution is 2.36. The molecule has 17 heavy (non-hydrogen) atoms. The highest BCUT2D eigenvalue weighted by atomic mass is 16.2. The molecule has 1 rings (SSSR count). The van der Waals surface area contributed by atoms with Gasteiger partial charge in [-0.2, -0.15) is 5.26 Å². The molecule has 3 heteroatoms. The molecule has 1 aliphatic rings. The molecule has 0 saturated heterocycles. The van der Waals surface area contributed by atoms with Crippen molar-refractivity contribution in [3.63, 3.8) is 0 Å². The summed E-state index contributed by atoms with van der Waals surface area (Å²) in [6.07, 6.45) is 5.52. The summed E-state index contributed by atoms with van der Waals surface area (Å²) in [6.45, 7) is 6.29. The Morgan fingerprint density at radius 3 is 2.35 bits per heavy atom. The lowest BCUT2D eigenvalue weighted by Gasteiger charge is -2.32. The minimum atomic E-state index is -0.749. The lowest BCUT2D eigenvalue weighted by molar-refractivity contribution is -0.130. The van der Waals surface area contributed by atoms with E-state index >= 15 is 0 Å². The third-order valence-electron chi connectivity index (χ3n) is 3.92. The molecule has 1 fully saturated rings. The van der Waals surface area contributed by atoms with Crippen molar-refractivity contribution in [3.8, 4) is 6.07 Å².